The minimum absolute atomic E-state index is 0.0858. The van der Waals surface area contributed by atoms with Crippen LogP contribution < -0.4 is 0 Å². The lowest BCUT2D eigenvalue weighted by Crippen LogP contribution is -2.38. The van der Waals surface area contributed by atoms with Gasteiger partial charge >= 0.3 is 0 Å². The molecular formula is C15H19FO2. The maximum absolute atomic E-state index is 13.8. The molecule has 98 valence electrons. The summed E-state index contributed by atoms with van der Waals surface area (Å²) in [5.74, 6) is 0.401. The molecule has 2 fully saturated rings. The maximum atomic E-state index is 13.8. The highest BCUT2D eigenvalue weighted by molar-refractivity contribution is 5.20. The van der Waals surface area contributed by atoms with Crippen LogP contribution in [-0.2, 0) is 11.2 Å². The van der Waals surface area contributed by atoms with E-state index in [-0.39, 0.29) is 23.9 Å². The van der Waals surface area contributed by atoms with Crippen LogP contribution in [0.15, 0.2) is 24.3 Å². The Balaban J connectivity index is 1.85. The van der Waals surface area contributed by atoms with Gasteiger partial charge < -0.3 is 9.84 Å². The number of hydrogen-bond donors (Lipinski definition) is 1. The monoisotopic (exact) mass is 250 g/mol. The first-order chi connectivity index (χ1) is 8.75. The summed E-state index contributed by atoms with van der Waals surface area (Å²) in [6.07, 6.45) is 3.89. The first kappa shape index (κ1) is 12.1. The van der Waals surface area contributed by atoms with Gasteiger partial charge in [-0.2, -0.15) is 0 Å². The van der Waals surface area contributed by atoms with Crippen LogP contribution in [0, 0.1) is 17.2 Å². The highest BCUT2D eigenvalue weighted by atomic mass is 19.1. The van der Waals surface area contributed by atoms with Crippen LogP contribution in [0.2, 0.25) is 0 Å². The van der Waals surface area contributed by atoms with Crippen molar-refractivity contribution in [3.8, 4) is 0 Å². The topological polar surface area (TPSA) is 29.5 Å². The van der Waals surface area contributed by atoms with Crippen molar-refractivity contribution in [2.45, 2.75) is 31.8 Å². The Morgan fingerprint density at radius 1 is 1.33 bits per heavy atom. The van der Waals surface area contributed by atoms with Gasteiger partial charge in [-0.25, -0.2) is 4.39 Å². The van der Waals surface area contributed by atoms with Crippen molar-refractivity contribution in [2.24, 2.45) is 11.3 Å². The Morgan fingerprint density at radius 2 is 2.11 bits per heavy atom. The summed E-state index contributed by atoms with van der Waals surface area (Å²) in [5, 5.41) is 9.81. The van der Waals surface area contributed by atoms with E-state index in [1.165, 1.54) is 18.9 Å². The third kappa shape index (κ3) is 2.06. The minimum Gasteiger partial charge on any atom is -0.396 e. The summed E-state index contributed by atoms with van der Waals surface area (Å²) >= 11 is 0. The Morgan fingerprint density at radius 3 is 2.78 bits per heavy atom. The summed E-state index contributed by atoms with van der Waals surface area (Å²) in [7, 11) is 0. The van der Waals surface area contributed by atoms with Gasteiger partial charge in [-0.15, -0.1) is 0 Å². The van der Waals surface area contributed by atoms with E-state index in [1.807, 2.05) is 12.1 Å². The van der Waals surface area contributed by atoms with Gasteiger partial charge in [0.05, 0.1) is 12.7 Å². The van der Waals surface area contributed by atoms with E-state index in [0.717, 1.165) is 6.42 Å². The fourth-order valence-electron chi connectivity index (χ4n) is 3.18. The Hall–Kier alpha value is -0.930. The smallest absolute Gasteiger partial charge is 0.126 e. The third-order valence-corrected chi connectivity index (χ3v) is 4.37. The molecule has 1 saturated carbocycles. The molecule has 0 spiro atoms. The van der Waals surface area contributed by atoms with Gasteiger partial charge in [-0.05, 0) is 43.2 Å². The molecule has 1 heterocycles. The van der Waals surface area contributed by atoms with E-state index in [1.54, 1.807) is 6.07 Å². The van der Waals surface area contributed by atoms with Crippen LogP contribution >= 0.6 is 0 Å². The van der Waals surface area contributed by atoms with Crippen molar-refractivity contribution in [3.63, 3.8) is 0 Å². The van der Waals surface area contributed by atoms with Gasteiger partial charge in [-0.1, -0.05) is 18.2 Å². The van der Waals surface area contributed by atoms with Gasteiger partial charge in [-0.3, -0.25) is 0 Å². The summed E-state index contributed by atoms with van der Waals surface area (Å²) in [4.78, 5) is 0. The first-order valence-corrected chi connectivity index (χ1v) is 6.71. The van der Waals surface area contributed by atoms with Crippen molar-refractivity contribution in [3.05, 3.63) is 35.6 Å². The molecule has 1 aromatic carbocycles. The van der Waals surface area contributed by atoms with Gasteiger partial charge in [0.1, 0.15) is 5.82 Å². The number of rotatable bonds is 4. The Bertz CT molecular complexity index is 430. The van der Waals surface area contributed by atoms with E-state index in [9.17, 15) is 9.50 Å². The maximum Gasteiger partial charge on any atom is 0.126 e. The summed E-state index contributed by atoms with van der Waals surface area (Å²) < 4.78 is 19.6. The minimum atomic E-state index is -0.274. The molecule has 1 aliphatic heterocycles. The molecule has 2 unspecified atom stereocenters. The molecule has 0 bridgehead atoms. The molecule has 1 saturated heterocycles. The fraction of sp³-hybridized carbons (Fsp3) is 0.600. The molecule has 1 aliphatic carbocycles. The molecule has 0 aromatic heterocycles. The van der Waals surface area contributed by atoms with E-state index in [4.69, 9.17) is 4.74 Å². The van der Waals surface area contributed by atoms with Crippen LogP contribution in [0.5, 0.6) is 0 Å². The van der Waals surface area contributed by atoms with Crippen molar-refractivity contribution in [2.75, 3.05) is 13.2 Å². The average Bonchev–Trinajstić information content (AvgIpc) is 3.14. The van der Waals surface area contributed by atoms with Crippen LogP contribution in [0.25, 0.3) is 0 Å². The average molecular weight is 250 g/mol. The highest BCUT2D eigenvalue weighted by Crippen LogP contribution is 2.49. The number of benzene rings is 1. The SMILES string of the molecule is OCC1(Cc2ccccc2F)CCOC1C1CC1. The zero-order valence-corrected chi connectivity index (χ0v) is 10.4. The number of aliphatic hydroxyl groups is 1. The molecule has 18 heavy (non-hydrogen) atoms. The molecule has 0 amide bonds. The van der Waals surface area contributed by atoms with Crippen LogP contribution in [-0.4, -0.2) is 24.4 Å². The van der Waals surface area contributed by atoms with Crippen molar-refractivity contribution in [1.82, 2.24) is 0 Å². The standard InChI is InChI=1S/C15H19FO2/c16-13-4-2-1-3-12(13)9-15(10-17)7-8-18-14(15)11-5-6-11/h1-4,11,14,17H,5-10H2. The predicted molar refractivity (Wildman–Crippen MR) is 66.7 cm³/mol. The predicted octanol–water partition coefficient (Wildman–Crippen LogP) is 2.55. The zero-order valence-electron chi connectivity index (χ0n) is 10.4. The highest BCUT2D eigenvalue weighted by Gasteiger charge is 2.50. The molecule has 3 rings (SSSR count). The third-order valence-electron chi connectivity index (χ3n) is 4.37. The lowest BCUT2D eigenvalue weighted by Gasteiger charge is -2.32. The van der Waals surface area contributed by atoms with Gasteiger partial charge in [0.15, 0.2) is 0 Å². The summed E-state index contributed by atoms with van der Waals surface area (Å²) in [6.45, 7) is 0.776. The summed E-state index contributed by atoms with van der Waals surface area (Å²) in [6, 6.07) is 6.86. The number of halogens is 1. The number of ether oxygens (including phenoxy) is 1. The molecular weight excluding hydrogens is 231 g/mol. The van der Waals surface area contributed by atoms with E-state index in [2.05, 4.69) is 0 Å². The molecule has 2 aliphatic rings. The normalized spacial score (nSPS) is 31.8. The van der Waals surface area contributed by atoms with Crippen LogP contribution in [0.3, 0.4) is 0 Å². The zero-order chi connectivity index (χ0) is 12.6. The van der Waals surface area contributed by atoms with E-state index < -0.39 is 0 Å². The molecule has 1 aromatic rings. The molecule has 0 radical (unpaired) electrons. The van der Waals surface area contributed by atoms with E-state index >= 15 is 0 Å². The van der Waals surface area contributed by atoms with Crippen LogP contribution in [0.1, 0.15) is 24.8 Å². The lowest BCUT2D eigenvalue weighted by molar-refractivity contribution is 0.000214. The molecule has 2 atom stereocenters. The number of hydrogen-bond acceptors (Lipinski definition) is 2. The Kier molecular flexibility index (Phi) is 3.12. The summed E-state index contributed by atoms with van der Waals surface area (Å²) in [5.41, 5.74) is 0.423. The van der Waals surface area contributed by atoms with Crippen molar-refractivity contribution in [1.29, 1.82) is 0 Å². The van der Waals surface area contributed by atoms with Crippen LogP contribution in [0.4, 0.5) is 4.39 Å². The largest absolute Gasteiger partial charge is 0.396 e. The second-order valence-corrected chi connectivity index (χ2v) is 5.67. The molecule has 3 heteroatoms. The van der Waals surface area contributed by atoms with Gasteiger partial charge in [0.25, 0.3) is 0 Å². The Labute approximate surface area is 107 Å². The quantitative estimate of drug-likeness (QED) is 0.890. The van der Waals surface area contributed by atoms with Crippen molar-refractivity contribution >= 4 is 0 Å². The van der Waals surface area contributed by atoms with Gasteiger partial charge in [0.2, 0.25) is 0 Å². The molecule has 1 N–H and O–H groups in total. The fourth-order valence-corrected chi connectivity index (χ4v) is 3.18. The van der Waals surface area contributed by atoms with Gasteiger partial charge in [0, 0.05) is 12.0 Å². The van der Waals surface area contributed by atoms with E-state index in [0.29, 0.717) is 24.5 Å². The lowest BCUT2D eigenvalue weighted by atomic mass is 9.74. The number of aliphatic hydroxyl groups excluding tert-OH is 1. The first-order valence-electron chi connectivity index (χ1n) is 6.71. The second-order valence-electron chi connectivity index (χ2n) is 5.67. The second kappa shape index (κ2) is 4.63. The molecule has 2 nitrogen and oxygen atoms in total. The van der Waals surface area contributed by atoms with Crippen molar-refractivity contribution < 1.29 is 14.2 Å².